The molecule has 27 heavy (non-hydrogen) atoms. The summed E-state index contributed by atoms with van der Waals surface area (Å²) >= 11 is 0. The van der Waals surface area contributed by atoms with Gasteiger partial charge in [0.25, 0.3) is 0 Å². The largest absolute Gasteiger partial charge is 0.381 e. The van der Waals surface area contributed by atoms with Gasteiger partial charge < -0.3 is 19.1 Å². The quantitative estimate of drug-likeness (QED) is 0.800. The van der Waals surface area contributed by atoms with Crippen molar-refractivity contribution in [1.29, 1.82) is 0 Å². The maximum absolute atomic E-state index is 13.4. The van der Waals surface area contributed by atoms with Gasteiger partial charge in [-0.25, -0.2) is 4.98 Å². The van der Waals surface area contributed by atoms with Crippen LogP contribution >= 0.6 is 0 Å². The first-order valence-electron chi connectivity index (χ1n) is 10.3. The molecule has 3 fully saturated rings. The van der Waals surface area contributed by atoms with Crippen LogP contribution in [0.15, 0.2) is 12.4 Å². The number of imidazole rings is 1. The zero-order valence-corrected chi connectivity index (χ0v) is 16.2. The molecule has 1 aromatic rings. The van der Waals surface area contributed by atoms with Crippen molar-refractivity contribution in [1.82, 2.24) is 19.4 Å². The van der Waals surface area contributed by atoms with E-state index in [0.717, 1.165) is 64.1 Å². The molecule has 2 amide bonds. The van der Waals surface area contributed by atoms with Gasteiger partial charge in [0.2, 0.25) is 11.8 Å². The summed E-state index contributed by atoms with van der Waals surface area (Å²) in [5.74, 6) is 1.29. The first-order valence-corrected chi connectivity index (χ1v) is 10.3. The second kappa shape index (κ2) is 7.62. The molecule has 0 bridgehead atoms. The van der Waals surface area contributed by atoms with Gasteiger partial charge in [-0.15, -0.1) is 0 Å². The summed E-state index contributed by atoms with van der Waals surface area (Å²) in [6.45, 7) is 5.96. The fraction of sp³-hybridized carbons (Fsp3) is 0.750. The molecule has 1 aromatic heterocycles. The Morgan fingerprint density at radius 3 is 2.89 bits per heavy atom. The van der Waals surface area contributed by atoms with Crippen LogP contribution in [0.1, 0.15) is 44.9 Å². The van der Waals surface area contributed by atoms with Crippen LogP contribution in [-0.2, 0) is 27.3 Å². The monoisotopic (exact) mass is 374 g/mol. The number of ether oxygens (including phenoxy) is 1. The Hall–Kier alpha value is -1.89. The second-order valence-corrected chi connectivity index (χ2v) is 8.12. The summed E-state index contributed by atoms with van der Waals surface area (Å²) in [6.07, 6.45) is 9.02. The summed E-state index contributed by atoms with van der Waals surface area (Å²) in [5, 5.41) is 0. The molecule has 7 nitrogen and oxygen atoms in total. The molecular weight excluding hydrogens is 344 g/mol. The standard InChI is InChI=1S/C20H30N4O3/c1-2-17-21-8-11-22(17)14-18(25)23-10-7-20(15-23)6-3-9-24(19(20)26)16-4-12-27-13-5-16/h8,11,16H,2-7,9-10,12-15H2,1H3/t20-/m1/s1. The van der Waals surface area contributed by atoms with E-state index >= 15 is 0 Å². The molecule has 0 unspecified atom stereocenters. The van der Waals surface area contributed by atoms with Gasteiger partial charge in [-0.3, -0.25) is 9.59 Å². The van der Waals surface area contributed by atoms with Crippen LogP contribution in [0, 0.1) is 5.41 Å². The van der Waals surface area contributed by atoms with E-state index in [1.807, 2.05) is 22.6 Å². The van der Waals surface area contributed by atoms with Crippen molar-refractivity contribution in [3.05, 3.63) is 18.2 Å². The highest BCUT2D eigenvalue weighted by molar-refractivity contribution is 5.86. The maximum atomic E-state index is 13.4. The summed E-state index contributed by atoms with van der Waals surface area (Å²) < 4.78 is 7.38. The van der Waals surface area contributed by atoms with Gasteiger partial charge in [-0.2, -0.15) is 0 Å². The maximum Gasteiger partial charge on any atom is 0.242 e. The third-order valence-corrected chi connectivity index (χ3v) is 6.53. The molecular formula is C20H30N4O3. The predicted octanol–water partition coefficient (Wildman–Crippen LogP) is 1.47. The Bertz CT molecular complexity index is 697. The molecule has 3 aliphatic heterocycles. The zero-order valence-electron chi connectivity index (χ0n) is 16.2. The van der Waals surface area contributed by atoms with Crippen molar-refractivity contribution in [3.63, 3.8) is 0 Å². The number of hydrogen-bond donors (Lipinski definition) is 0. The van der Waals surface area contributed by atoms with Crippen molar-refractivity contribution in [2.75, 3.05) is 32.8 Å². The van der Waals surface area contributed by atoms with Gasteiger partial charge in [-0.1, -0.05) is 6.92 Å². The summed E-state index contributed by atoms with van der Waals surface area (Å²) in [4.78, 5) is 34.5. The molecule has 148 valence electrons. The lowest BCUT2D eigenvalue weighted by molar-refractivity contribution is -0.151. The number of rotatable bonds is 4. The van der Waals surface area contributed by atoms with E-state index in [4.69, 9.17) is 4.74 Å². The molecule has 0 saturated carbocycles. The normalized spacial score (nSPS) is 26.9. The predicted molar refractivity (Wildman–Crippen MR) is 100 cm³/mol. The van der Waals surface area contributed by atoms with E-state index in [0.29, 0.717) is 25.7 Å². The van der Waals surface area contributed by atoms with E-state index in [2.05, 4.69) is 9.88 Å². The number of likely N-dealkylation sites (tertiary alicyclic amines) is 2. The van der Waals surface area contributed by atoms with Crippen molar-refractivity contribution >= 4 is 11.8 Å². The Morgan fingerprint density at radius 1 is 1.30 bits per heavy atom. The molecule has 4 heterocycles. The number of aromatic nitrogens is 2. The lowest BCUT2D eigenvalue weighted by Gasteiger charge is -2.44. The van der Waals surface area contributed by atoms with E-state index in [1.54, 1.807) is 6.20 Å². The molecule has 4 rings (SSSR count). The first kappa shape index (κ1) is 18.5. The average molecular weight is 374 g/mol. The molecule has 0 aromatic carbocycles. The molecule has 0 aliphatic carbocycles. The third-order valence-electron chi connectivity index (χ3n) is 6.53. The minimum Gasteiger partial charge on any atom is -0.381 e. The van der Waals surface area contributed by atoms with E-state index in [1.165, 1.54) is 0 Å². The molecule has 7 heteroatoms. The number of hydrogen-bond acceptors (Lipinski definition) is 4. The summed E-state index contributed by atoms with van der Waals surface area (Å²) in [5.41, 5.74) is -0.366. The fourth-order valence-electron chi connectivity index (χ4n) is 4.95. The Balaban J connectivity index is 1.42. The molecule has 0 radical (unpaired) electrons. The van der Waals surface area contributed by atoms with Crippen LogP contribution < -0.4 is 0 Å². The SMILES string of the molecule is CCc1nccn1CC(=O)N1CC[C@]2(CCCN(C3CCOCC3)C2=O)C1. The van der Waals surface area contributed by atoms with Crippen LogP contribution in [0.25, 0.3) is 0 Å². The highest BCUT2D eigenvalue weighted by Crippen LogP contribution is 2.41. The Labute approximate surface area is 160 Å². The molecule has 3 aliphatic rings. The van der Waals surface area contributed by atoms with Crippen LogP contribution in [0.4, 0.5) is 0 Å². The number of amides is 2. The smallest absolute Gasteiger partial charge is 0.242 e. The van der Waals surface area contributed by atoms with Gasteiger partial charge in [0.05, 0.1) is 5.41 Å². The van der Waals surface area contributed by atoms with Gasteiger partial charge in [0.15, 0.2) is 0 Å². The van der Waals surface area contributed by atoms with Crippen LogP contribution in [0.2, 0.25) is 0 Å². The topological polar surface area (TPSA) is 67.7 Å². The van der Waals surface area contributed by atoms with Gasteiger partial charge in [-0.05, 0) is 32.1 Å². The van der Waals surface area contributed by atoms with Gasteiger partial charge >= 0.3 is 0 Å². The minimum absolute atomic E-state index is 0.0931. The van der Waals surface area contributed by atoms with Crippen LogP contribution in [0.5, 0.6) is 0 Å². The fourth-order valence-corrected chi connectivity index (χ4v) is 4.95. The van der Waals surface area contributed by atoms with Crippen molar-refractivity contribution in [2.45, 2.75) is 58.0 Å². The van der Waals surface area contributed by atoms with Crippen molar-refractivity contribution < 1.29 is 14.3 Å². The van der Waals surface area contributed by atoms with Gasteiger partial charge in [0, 0.05) is 57.7 Å². The number of nitrogens with zero attached hydrogens (tertiary/aromatic N) is 4. The summed E-state index contributed by atoms with van der Waals surface area (Å²) in [6, 6.07) is 0.311. The second-order valence-electron chi connectivity index (χ2n) is 8.12. The van der Waals surface area contributed by atoms with E-state index in [9.17, 15) is 9.59 Å². The number of aryl methyl sites for hydroxylation is 1. The molecule has 0 N–H and O–H groups in total. The highest BCUT2D eigenvalue weighted by Gasteiger charge is 2.50. The van der Waals surface area contributed by atoms with Gasteiger partial charge in [0.1, 0.15) is 12.4 Å². The number of piperidine rings is 1. The van der Waals surface area contributed by atoms with Crippen LogP contribution in [0.3, 0.4) is 0 Å². The molecule has 1 spiro atoms. The van der Waals surface area contributed by atoms with E-state index < -0.39 is 0 Å². The number of carbonyl (C=O) groups is 2. The average Bonchev–Trinajstić information content (AvgIpc) is 3.32. The van der Waals surface area contributed by atoms with Crippen molar-refractivity contribution in [3.8, 4) is 0 Å². The Morgan fingerprint density at radius 2 is 2.11 bits per heavy atom. The molecule has 1 atom stereocenters. The lowest BCUT2D eigenvalue weighted by atomic mass is 9.77. The Kier molecular flexibility index (Phi) is 5.21. The minimum atomic E-state index is -0.366. The highest BCUT2D eigenvalue weighted by atomic mass is 16.5. The zero-order chi connectivity index (χ0) is 18.9. The van der Waals surface area contributed by atoms with E-state index in [-0.39, 0.29) is 17.2 Å². The first-order chi connectivity index (χ1) is 13.1. The lowest BCUT2D eigenvalue weighted by Crippen LogP contribution is -2.55. The molecule has 3 saturated heterocycles. The third kappa shape index (κ3) is 3.49. The van der Waals surface area contributed by atoms with Crippen LogP contribution in [-0.4, -0.2) is 70.1 Å². The van der Waals surface area contributed by atoms with Crippen molar-refractivity contribution in [2.24, 2.45) is 5.41 Å². The summed E-state index contributed by atoms with van der Waals surface area (Å²) in [7, 11) is 0. The number of carbonyl (C=O) groups excluding carboxylic acids is 2.